The van der Waals surface area contributed by atoms with Gasteiger partial charge in [-0.15, -0.1) is 0 Å². The Labute approximate surface area is 130 Å². The van der Waals surface area contributed by atoms with Crippen molar-refractivity contribution in [3.63, 3.8) is 0 Å². The second-order valence-electron chi connectivity index (χ2n) is 7.14. The fraction of sp³-hybridized carbons (Fsp3) is 0.556. The first-order valence-corrected chi connectivity index (χ1v) is 8.18. The molecule has 4 aliphatic carbocycles. The van der Waals surface area contributed by atoms with Gasteiger partial charge in [-0.2, -0.15) is 0 Å². The largest absolute Gasteiger partial charge is 0.333 e. The number of hydrogen-bond acceptors (Lipinski definition) is 2. The summed E-state index contributed by atoms with van der Waals surface area (Å²) < 4.78 is 0. The van der Waals surface area contributed by atoms with Crippen LogP contribution >= 0.6 is 0 Å². The third-order valence-corrected chi connectivity index (χ3v) is 6.52. The third-order valence-electron chi connectivity index (χ3n) is 6.52. The quantitative estimate of drug-likeness (QED) is 0.614. The Morgan fingerprint density at radius 1 is 0.864 bits per heavy atom. The highest BCUT2D eigenvalue weighted by molar-refractivity contribution is 5.90. The summed E-state index contributed by atoms with van der Waals surface area (Å²) in [5.41, 5.74) is 0. The van der Waals surface area contributed by atoms with Gasteiger partial charge in [0.1, 0.15) is 0 Å². The molecule has 0 aromatic rings. The zero-order valence-corrected chi connectivity index (χ0v) is 12.6. The fourth-order valence-electron chi connectivity index (χ4n) is 6.15. The van der Waals surface area contributed by atoms with Crippen LogP contribution in [0.2, 0.25) is 0 Å². The van der Waals surface area contributed by atoms with Gasteiger partial charge in [-0.3, -0.25) is 9.59 Å². The Hall–Kier alpha value is -1.84. The van der Waals surface area contributed by atoms with E-state index in [0.29, 0.717) is 35.5 Å². The van der Waals surface area contributed by atoms with E-state index in [1.54, 1.807) is 0 Å². The molecule has 2 N–H and O–H groups in total. The first kappa shape index (κ1) is 13.8. The Bertz CT molecular complexity index is 534. The molecule has 0 saturated heterocycles. The molecule has 0 aliphatic heterocycles. The van der Waals surface area contributed by atoms with E-state index in [-0.39, 0.29) is 23.7 Å². The molecule has 0 aromatic carbocycles. The van der Waals surface area contributed by atoms with Crippen LogP contribution in [0.4, 0.5) is 0 Å². The van der Waals surface area contributed by atoms with Gasteiger partial charge in [-0.25, -0.2) is 0 Å². The van der Waals surface area contributed by atoms with Gasteiger partial charge in [0, 0.05) is 0 Å². The van der Waals surface area contributed by atoms with Gasteiger partial charge < -0.3 is 10.6 Å². The molecule has 4 bridgehead atoms. The minimum Gasteiger partial charge on any atom is -0.333 e. The topological polar surface area (TPSA) is 58.2 Å². The zero-order chi connectivity index (χ0) is 15.4. The smallest absolute Gasteiger partial charge is 0.228 e. The fourth-order valence-corrected chi connectivity index (χ4v) is 6.15. The van der Waals surface area contributed by atoms with Crippen molar-refractivity contribution in [1.82, 2.24) is 10.6 Å². The van der Waals surface area contributed by atoms with Crippen molar-refractivity contribution in [1.29, 1.82) is 0 Å². The molecular formula is C18H22N2O2. The number of hydrogen-bond donors (Lipinski definition) is 2. The molecule has 0 heterocycles. The molecule has 3 fully saturated rings. The predicted octanol–water partition coefficient (Wildman–Crippen LogP) is 1.83. The number of carbonyl (C=O) groups excluding carboxylic acids is 2. The van der Waals surface area contributed by atoms with E-state index < -0.39 is 0 Å². The van der Waals surface area contributed by atoms with Gasteiger partial charge in [-0.1, -0.05) is 25.3 Å². The van der Waals surface area contributed by atoms with Gasteiger partial charge in [-0.05, 0) is 60.7 Å². The molecule has 4 rings (SSSR count). The first-order valence-electron chi connectivity index (χ1n) is 8.18. The molecule has 22 heavy (non-hydrogen) atoms. The second-order valence-corrected chi connectivity index (χ2v) is 7.14. The summed E-state index contributed by atoms with van der Waals surface area (Å²) >= 11 is 0. The minimum absolute atomic E-state index is 0.0445. The van der Waals surface area contributed by atoms with Crippen LogP contribution in [0, 0.1) is 47.3 Å². The van der Waals surface area contributed by atoms with Crippen molar-refractivity contribution < 1.29 is 9.59 Å². The molecule has 8 atom stereocenters. The minimum atomic E-state index is -0.225. The van der Waals surface area contributed by atoms with Crippen molar-refractivity contribution >= 4 is 11.8 Å². The number of rotatable bonds is 4. The summed E-state index contributed by atoms with van der Waals surface area (Å²) in [7, 11) is 0. The maximum atomic E-state index is 12.5. The van der Waals surface area contributed by atoms with Crippen LogP contribution < -0.4 is 10.6 Å². The standard InChI is InChI=1S/C18H22N2O2/c1-3-19-17(21)15-11-8-12(16(15)18(22)20-4-2)14-10-6-5-9(7-10)13(11)14/h3-6,9-16H,1-2,7-8H2,(H,19,21)(H,20,22). The van der Waals surface area contributed by atoms with E-state index in [1.165, 1.54) is 18.8 Å². The normalized spacial score (nSPS) is 46.4. The highest BCUT2D eigenvalue weighted by Crippen LogP contribution is 2.68. The molecule has 8 unspecified atom stereocenters. The van der Waals surface area contributed by atoms with E-state index in [0.717, 1.165) is 6.42 Å². The molecule has 2 amide bonds. The van der Waals surface area contributed by atoms with Crippen LogP contribution in [-0.2, 0) is 9.59 Å². The van der Waals surface area contributed by atoms with Crippen molar-refractivity contribution in [3.8, 4) is 0 Å². The lowest BCUT2D eigenvalue weighted by Gasteiger charge is -2.40. The van der Waals surface area contributed by atoms with Gasteiger partial charge in [0.15, 0.2) is 0 Å². The third kappa shape index (κ3) is 1.64. The van der Waals surface area contributed by atoms with Crippen molar-refractivity contribution in [2.75, 3.05) is 0 Å². The average molecular weight is 298 g/mol. The van der Waals surface area contributed by atoms with E-state index >= 15 is 0 Å². The summed E-state index contributed by atoms with van der Waals surface area (Å²) in [6.45, 7) is 7.17. The maximum absolute atomic E-state index is 12.5. The number of nitrogens with one attached hydrogen (secondary N) is 2. The molecular weight excluding hydrogens is 276 g/mol. The highest BCUT2D eigenvalue weighted by atomic mass is 16.2. The number of fused-ring (bicyclic) bond motifs is 9. The Morgan fingerprint density at radius 3 is 1.73 bits per heavy atom. The van der Waals surface area contributed by atoms with Gasteiger partial charge in [0.25, 0.3) is 0 Å². The summed E-state index contributed by atoms with van der Waals surface area (Å²) in [5, 5.41) is 5.45. The Balaban J connectivity index is 1.68. The molecule has 116 valence electrons. The lowest BCUT2D eigenvalue weighted by atomic mass is 9.64. The van der Waals surface area contributed by atoms with Crippen LogP contribution in [0.15, 0.2) is 37.7 Å². The van der Waals surface area contributed by atoms with Crippen molar-refractivity contribution in [3.05, 3.63) is 37.7 Å². The van der Waals surface area contributed by atoms with Crippen LogP contribution in [0.5, 0.6) is 0 Å². The van der Waals surface area contributed by atoms with Gasteiger partial charge >= 0.3 is 0 Å². The molecule has 4 nitrogen and oxygen atoms in total. The molecule has 4 aliphatic rings. The van der Waals surface area contributed by atoms with E-state index in [1.807, 2.05) is 0 Å². The average Bonchev–Trinajstić information content (AvgIpc) is 3.24. The van der Waals surface area contributed by atoms with Crippen LogP contribution in [0.3, 0.4) is 0 Å². The molecule has 0 spiro atoms. The van der Waals surface area contributed by atoms with Crippen molar-refractivity contribution in [2.24, 2.45) is 47.3 Å². The number of allylic oxidation sites excluding steroid dienone is 2. The van der Waals surface area contributed by atoms with E-state index in [9.17, 15) is 9.59 Å². The number of carbonyl (C=O) groups is 2. The molecule has 0 aromatic heterocycles. The van der Waals surface area contributed by atoms with Crippen LogP contribution in [0.25, 0.3) is 0 Å². The second kappa shape index (κ2) is 4.83. The molecule has 3 saturated carbocycles. The molecule has 0 radical (unpaired) electrons. The number of amides is 2. The summed E-state index contributed by atoms with van der Waals surface area (Å²) in [6, 6.07) is 0. The maximum Gasteiger partial charge on any atom is 0.228 e. The monoisotopic (exact) mass is 298 g/mol. The predicted molar refractivity (Wildman–Crippen MR) is 83.0 cm³/mol. The van der Waals surface area contributed by atoms with E-state index in [4.69, 9.17) is 0 Å². The zero-order valence-electron chi connectivity index (χ0n) is 12.6. The molecule has 4 heteroatoms. The Kier molecular flexibility index (Phi) is 3.03. The van der Waals surface area contributed by atoms with Gasteiger partial charge in [0.2, 0.25) is 11.8 Å². The highest BCUT2D eigenvalue weighted by Gasteiger charge is 2.67. The van der Waals surface area contributed by atoms with Crippen LogP contribution in [0.1, 0.15) is 12.8 Å². The van der Waals surface area contributed by atoms with Crippen LogP contribution in [-0.4, -0.2) is 11.8 Å². The summed E-state index contributed by atoms with van der Waals surface area (Å²) in [5.74, 6) is 2.54. The van der Waals surface area contributed by atoms with Crippen molar-refractivity contribution in [2.45, 2.75) is 12.8 Å². The first-order chi connectivity index (χ1) is 10.7. The summed E-state index contributed by atoms with van der Waals surface area (Å²) in [4.78, 5) is 25.1. The Morgan fingerprint density at radius 2 is 1.32 bits per heavy atom. The summed E-state index contributed by atoms with van der Waals surface area (Å²) in [6.07, 6.45) is 9.76. The lowest BCUT2D eigenvalue weighted by molar-refractivity contribution is -0.138. The lowest BCUT2D eigenvalue weighted by Crippen LogP contribution is -2.48. The SMILES string of the molecule is C=CNC(=O)C1C2CC(C1C(=O)NC=C)C1C3C=CC(C3)C21. The van der Waals surface area contributed by atoms with E-state index in [2.05, 4.69) is 35.9 Å². The van der Waals surface area contributed by atoms with Gasteiger partial charge in [0.05, 0.1) is 11.8 Å².